The predicted molar refractivity (Wildman–Crippen MR) is 159 cm³/mol. The molecule has 0 aliphatic heterocycles. The average Bonchev–Trinajstić information content (AvgIpc) is 2.98. The number of rotatable bonds is 16. The molecule has 0 aliphatic rings. The lowest BCUT2D eigenvalue weighted by Crippen LogP contribution is -2.37. The maximum atomic E-state index is 13.0. The van der Waals surface area contributed by atoms with Crippen molar-refractivity contribution >= 4 is 35.5 Å². The van der Waals surface area contributed by atoms with Gasteiger partial charge < -0.3 is 33.7 Å². The Morgan fingerprint density at radius 1 is 0.727 bits per heavy atom. The lowest BCUT2D eigenvalue weighted by atomic mass is 10.1. The van der Waals surface area contributed by atoms with Crippen molar-refractivity contribution in [3.8, 4) is 11.5 Å². The van der Waals surface area contributed by atoms with E-state index >= 15 is 0 Å². The van der Waals surface area contributed by atoms with E-state index in [0.29, 0.717) is 29.3 Å². The highest BCUT2D eigenvalue weighted by Crippen LogP contribution is 2.34. The third-order valence-electron chi connectivity index (χ3n) is 6.10. The number of ether oxygens (including phenoxy) is 6. The van der Waals surface area contributed by atoms with E-state index in [1.807, 2.05) is 30.3 Å². The molecule has 0 aromatic heterocycles. The summed E-state index contributed by atoms with van der Waals surface area (Å²) in [4.78, 5) is 61.8. The quantitative estimate of drug-likeness (QED) is 0.155. The lowest BCUT2D eigenvalue weighted by Gasteiger charge is -2.20. The average molecular weight is 616 g/mol. The third-order valence-corrected chi connectivity index (χ3v) is 6.10. The van der Waals surface area contributed by atoms with Crippen LogP contribution in [0.5, 0.6) is 11.5 Å². The fourth-order valence-corrected chi connectivity index (χ4v) is 3.66. The van der Waals surface area contributed by atoms with E-state index in [9.17, 15) is 24.0 Å². The molecule has 0 fully saturated rings. The minimum Gasteiger partial charge on any atom is -0.463 e. The van der Waals surface area contributed by atoms with Crippen molar-refractivity contribution in [1.82, 2.24) is 0 Å². The summed E-state index contributed by atoms with van der Waals surface area (Å²) in [6, 6.07) is 12.4. The number of hydrogen-bond donors (Lipinski definition) is 1. The van der Waals surface area contributed by atoms with Crippen LogP contribution >= 0.6 is 0 Å². The zero-order chi connectivity index (χ0) is 32.8. The van der Waals surface area contributed by atoms with Crippen LogP contribution in [-0.4, -0.2) is 67.4 Å². The minimum atomic E-state index is -1.44. The molecule has 0 heterocycles. The van der Waals surface area contributed by atoms with Gasteiger partial charge in [0.05, 0.1) is 17.9 Å². The van der Waals surface area contributed by atoms with E-state index in [4.69, 9.17) is 28.4 Å². The normalized spacial score (nSPS) is 13.3. The number of anilines is 1. The van der Waals surface area contributed by atoms with Gasteiger partial charge in [-0.2, -0.15) is 0 Å². The number of hydrogen-bond acceptors (Lipinski definition) is 12. The fourth-order valence-electron chi connectivity index (χ4n) is 3.66. The molecule has 2 aromatic carbocycles. The predicted octanol–water partition coefficient (Wildman–Crippen LogP) is 4.90. The summed E-state index contributed by atoms with van der Waals surface area (Å²) in [6.45, 7) is 11.3. The van der Waals surface area contributed by atoms with Crippen LogP contribution in [0.2, 0.25) is 0 Å². The Bertz CT molecular complexity index is 1290. The van der Waals surface area contributed by atoms with Gasteiger partial charge in [-0.3, -0.25) is 0 Å². The van der Waals surface area contributed by atoms with Crippen LogP contribution in [0.4, 0.5) is 5.69 Å². The van der Waals surface area contributed by atoms with Crippen LogP contribution in [0.15, 0.2) is 42.5 Å². The number of carbonyl (C=O) groups excluding carboxylic acids is 5. The van der Waals surface area contributed by atoms with Crippen molar-refractivity contribution in [3.05, 3.63) is 53.6 Å². The molecule has 0 unspecified atom stereocenters. The number of unbranched alkanes of at least 4 members (excludes halogenated alkanes) is 1. The van der Waals surface area contributed by atoms with Crippen molar-refractivity contribution < 1.29 is 52.4 Å². The van der Waals surface area contributed by atoms with Crippen LogP contribution in [0.3, 0.4) is 0 Å². The summed E-state index contributed by atoms with van der Waals surface area (Å²) < 4.78 is 31.2. The monoisotopic (exact) mass is 615 g/mol. The molecule has 0 aliphatic carbocycles. The highest BCUT2D eigenvalue weighted by molar-refractivity contribution is 5.94. The van der Waals surface area contributed by atoms with Gasteiger partial charge in [0, 0.05) is 6.54 Å². The molecule has 1 N–H and O–H groups in total. The van der Waals surface area contributed by atoms with Crippen LogP contribution in [-0.2, 0) is 42.9 Å². The molecule has 12 heteroatoms. The maximum absolute atomic E-state index is 13.0. The highest BCUT2D eigenvalue weighted by Gasteiger charge is 2.30. The van der Waals surface area contributed by atoms with E-state index in [1.54, 1.807) is 26.0 Å². The number of aryl methyl sites for hydroxylation is 1. The van der Waals surface area contributed by atoms with Gasteiger partial charge >= 0.3 is 29.8 Å². The molecular weight excluding hydrogens is 574 g/mol. The Kier molecular flexibility index (Phi) is 14.1. The number of esters is 5. The molecule has 12 nitrogen and oxygen atoms in total. The Balaban J connectivity index is 2.01. The second kappa shape index (κ2) is 17.5. The Hall–Kier alpha value is -4.61. The Labute approximate surface area is 257 Å². The molecule has 0 saturated heterocycles. The largest absolute Gasteiger partial charge is 0.463 e. The van der Waals surface area contributed by atoms with Gasteiger partial charge in [-0.25, -0.2) is 24.0 Å². The summed E-state index contributed by atoms with van der Waals surface area (Å²) in [6.07, 6.45) is -3.54. The zero-order valence-corrected chi connectivity index (χ0v) is 26.2. The van der Waals surface area contributed by atoms with Crippen molar-refractivity contribution in [1.29, 1.82) is 0 Å². The number of para-hydroxylation sites is 1. The van der Waals surface area contributed by atoms with Crippen molar-refractivity contribution in [2.75, 3.05) is 18.5 Å². The number of nitrogens with one attached hydrogen (secondary N) is 1. The summed E-state index contributed by atoms with van der Waals surface area (Å²) in [7, 11) is 0. The first-order chi connectivity index (χ1) is 20.9. The van der Waals surface area contributed by atoms with Gasteiger partial charge in [0.15, 0.2) is 30.2 Å². The van der Waals surface area contributed by atoms with Gasteiger partial charge in [0.25, 0.3) is 0 Å². The van der Waals surface area contributed by atoms with Gasteiger partial charge in [-0.15, -0.1) is 0 Å². The van der Waals surface area contributed by atoms with Gasteiger partial charge in [-0.1, -0.05) is 31.5 Å². The van der Waals surface area contributed by atoms with Crippen LogP contribution < -0.4 is 10.1 Å². The lowest BCUT2D eigenvalue weighted by molar-refractivity contribution is -0.183. The van der Waals surface area contributed by atoms with E-state index in [-0.39, 0.29) is 12.2 Å². The topological polar surface area (TPSA) is 153 Å². The highest BCUT2D eigenvalue weighted by atomic mass is 16.6. The van der Waals surface area contributed by atoms with E-state index < -0.39 is 54.3 Å². The minimum absolute atomic E-state index is 0.106. The Morgan fingerprint density at radius 3 is 1.77 bits per heavy atom. The number of benzene rings is 2. The molecule has 0 bridgehead atoms. The second-order valence-corrected chi connectivity index (χ2v) is 9.90. The second-order valence-electron chi connectivity index (χ2n) is 9.90. The van der Waals surface area contributed by atoms with Gasteiger partial charge in [-0.05, 0) is 77.8 Å². The standard InChI is InChI=1S/C32H41NO11/c1-8-10-16-33-26-18-24(17-19(3)27(26)44-25-14-12-11-13-15-25)32(38)43-23(7)31(37)42-22(6)30(36)41-21(5)29(35)40-20(4)28(34)39-9-2/h11-15,17-18,20-23,33H,8-10,16H2,1-7H3/t20-,21-,22-,23-/m0/s1. The smallest absolute Gasteiger partial charge is 0.348 e. The van der Waals surface area contributed by atoms with E-state index in [2.05, 4.69) is 12.2 Å². The summed E-state index contributed by atoms with van der Waals surface area (Å²) in [5.74, 6) is -3.39. The summed E-state index contributed by atoms with van der Waals surface area (Å²) >= 11 is 0. The first-order valence-electron chi connectivity index (χ1n) is 14.5. The molecule has 2 aromatic rings. The molecule has 0 saturated carbocycles. The molecule has 0 spiro atoms. The first kappa shape index (κ1) is 35.6. The fraction of sp³-hybridized carbons (Fsp3) is 0.469. The van der Waals surface area contributed by atoms with Crippen LogP contribution in [0.1, 0.15) is 70.3 Å². The van der Waals surface area contributed by atoms with E-state index in [1.165, 1.54) is 27.7 Å². The molecule has 2 rings (SSSR count). The van der Waals surface area contributed by atoms with E-state index in [0.717, 1.165) is 12.8 Å². The number of carbonyl (C=O) groups is 5. The molecule has 0 radical (unpaired) electrons. The van der Waals surface area contributed by atoms with Crippen molar-refractivity contribution in [3.63, 3.8) is 0 Å². The molecule has 0 amide bonds. The van der Waals surface area contributed by atoms with Crippen LogP contribution in [0.25, 0.3) is 0 Å². The molecule has 240 valence electrons. The SMILES string of the molecule is CCCCNc1cc(C(=O)O[C@@H](C)C(=O)O[C@@H](C)C(=O)O[C@@H](C)C(=O)O[C@@H](C)C(=O)OCC)cc(C)c1Oc1ccccc1. The molecule has 44 heavy (non-hydrogen) atoms. The maximum Gasteiger partial charge on any atom is 0.348 e. The summed E-state index contributed by atoms with van der Waals surface area (Å²) in [5.41, 5.74) is 1.43. The van der Waals surface area contributed by atoms with Crippen LogP contribution in [0, 0.1) is 6.92 Å². The zero-order valence-electron chi connectivity index (χ0n) is 26.2. The first-order valence-corrected chi connectivity index (χ1v) is 14.5. The van der Waals surface area contributed by atoms with Crippen molar-refractivity contribution in [2.45, 2.75) is 85.7 Å². The van der Waals surface area contributed by atoms with Gasteiger partial charge in [0.2, 0.25) is 0 Å². The van der Waals surface area contributed by atoms with Gasteiger partial charge in [0.1, 0.15) is 5.75 Å². The Morgan fingerprint density at radius 2 is 1.25 bits per heavy atom. The third kappa shape index (κ3) is 10.9. The molecule has 4 atom stereocenters. The van der Waals surface area contributed by atoms with Crippen molar-refractivity contribution in [2.24, 2.45) is 0 Å². The molecular formula is C32H41NO11. The summed E-state index contributed by atoms with van der Waals surface area (Å²) in [5, 5.41) is 3.30.